The highest BCUT2D eigenvalue weighted by molar-refractivity contribution is 8.01. The molecule has 30 heavy (non-hydrogen) atoms. The van der Waals surface area contributed by atoms with Crippen LogP contribution in [-0.2, 0) is 9.59 Å². The first-order valence-corrected chi connectivity index (χ1v) is 12.1. The number of benzene rings is 1. The summed E-state index contributed by atoms with van der Waals surface area (Å²) in [7, 11) is 1.60. The van der Waals surface area contributed by atoms with Gasteiger partial charge in [-0.2, -0.15) is 0 Å². The summed E-state index contributed by atoms with van der Waals surface area (Å²) in [5.74, 6) is 0.396. The monoisotopic (exact) mass is 445 g/mol. The number of nitrogens with zero attached hydrogens (tertiary/aromatic N) is 2. The van der Waals surface area contributed by atoms with Gasteiger partial charge in [0.2, 0.25) is 11.8 Å². The number of anilines is 1. The molecule has 1 N–H and O–H groups in total. The van der Waals surface area contributed by atoms with Crippen molar-refractivity contribution in [2.24, 2.45) is 5.92 Å². The normalized spacial score (nSPS) is 24.1. The molecular weight excluding hydrogens is 418 g/mol. The van der Waals surface area contributed by atoms with Gasteiger partial charge in [0.25, 0.3) is 0 Å². The average Bonchev–Trinajstić information content (AvgIpc) is 3.34. The van der Waals surface area contributed by atoms with Crippen LogP contribution >= 0.6 is 23.1 Å². The number of ether oxygens (including phenoxy) is 1. The van der Waals surface area contributed by atoms with Crippen molar-refractivity contribution in [3.8, 4) is 5.75 Å². The molecule has 0 radical (unpaired) electrons. The number of thiazole rings is 1. The van der Waals surface area contributed by atoms with Crippen LogP contribution in [0.25, 0.3) is 0 Å². The van der Waals surface area contributed by atoms with E-state index in [2.05, 4.69) is 15.7 Å². The molecule has 6 nitrogen and oxygen atoms in total. The molecule has 0 spiro atoms. The molecule has 0 bridgehead atoms. The second-order valence-electron chi connectivity index (χ2n) is 7.96. The van der Waals surface area contributed by atoms with Gasteiger partial charge < -0.3 is 15.0 Å². The number of methoxy groups -OCH3 is 1. The van der Waals surface area contributed by atoms with Crippen LogP contribution in [0.1, 0.15) is 37.8 Å². The van der Waals surface area contributed by atoms with Crippen molar-refractivity contribution < 1.29 is 14.3 Å². The minimum absolute atomic E-state index is 0.000368. The van der Waals surface area contributed by atoms with Gasteiger partial charge >= 0.3 is 0 Å². The van der Waals surface area contributed by atoms with Gasteiger partial charge in [-0.05, 0) is 44.7 Å². The van der Waals surface area contributed by atoms with E-state index in [0.29, 0.717) is 17.5 Å². The predicted molar refractivity (Wildman–Crippen MR) is 120 cm³/mol. The highest BCUT2D eigenvalue weighted by Gasteiger charge is 2.36. The summed E-state index contributed by atoms with van der Waals surface area (Å²) in [6.07, 6.45) is 4.38. The molecule has 2 fully saturated rings. The zero-order chi connectivity index (χ0) is 21.1. The molecule has 2 aliphatic rings. The number of carbonyl (C=O) groups is 2. The van der Waals surface area contributed by atoms with Crippen LogP contribution in [0.3, 0.4) is 0 Å². The summed E-state index contributed by atoms with van der Waals surface area (Å²) in [5.41, 5.74) is 1.86. The van der Waals surface area contributed by atoms with E-state index in [9.17, 15) is 9.59 Å². The van der Waals surface area contributed by atoms with Crippen LogP contribution in [0.2, 0.25) is 0 Å². The summed E-state index contributed by atoms with van der Waals surface area (Å²) in [4.78, 5) is 31.5. The molecule has 8 heteroatoms. The van der Waals surface area contributed by atoms with E-state index in [0.717, 1.165) is 41.4 Å². The fourth-order valence-corrected chi connectivity index (χ4v) is 6.37. The molecule has 1 aromatic carbocycles. The third-order valence-corrected chi connectivity index (χ3v) is 8.17. The molecule has 2 amide bonds. The van der Waals surface area contributed by atoms with Gasteiger partial charge in [-0.15, -0.1) is 11.3 Å². The standard InChI is InChI=1S/C22H27N3O3S2/c1-14-13-29-22(23-14)30-19-8-6-16(7-9-19)24-21(27)15-10-20(26)25(12-15)17-4-3-5-18(11-17)28-2/h3-5,11,13,15-16,19H,6-10,12H2,1-2H3,(H,24,27). The Balaban J connectivity index is 1.27. The number of hydrogen-bond acceptors (Lipinski definition) is 6. The Hall–Kier alpha value is -2.06. The summed E-state index contributed by atoms with van der Waals surface area (Å²) >= 11 is 3.58. The highest BCUT2D eigenvalue weighted by Crippen LogP contribution is 2.35. The van der Waals surface area contributed by atoms with Crippen LogP contribution < -0.4 is 15.0 Å². The third-order valence-electron chi connectivity index (χ3n) is 5.75. The summed E-state index contributed by atoms with van der Waals surface area (Å²) in [6, 6.07) is 7.62. The van der Waals surface area contributed by atoms with Gasteiger partial charge in [0.15, 0.2) is 0 Å². The number of amides is 2. The Bertz CT molecular complexity index is 909. The topological polar surface area (TPSA) is 71.5 Å². The maximum atomic E-state index is 12.8. The van der Waals surface area contributed by atoms with Crippen molar-refractivity contribution in [2.75, 3.05) is 18.6 Å². The Labute approximate surface area is 185 Å². The minimum Gasteiger partial charge on any atom is -0.497 e. The molecule has 1 saturated heterocycles. The Morgan fingerprint density at radius 2 is 2.10 bits per heavy atom. The highest BCUT2D eigenvalue weighted by atomic mass is 32.2. The molecule has 1 aliphatic carbocycles. The SMILES string of the molecule is COc1cccc(N2CC(C(=O)NC3CCC(Sc4nc(C)cs4)CC3)CC2=O)c1. The van der Waals surface area contributed by atoms with Crippen LogP contribution in [0.15, 0.2) is 34.0 Å². The Morgan fingerprint density at radius 1 is 1.30 bits per heavy atom. The fourth-order valence-electron chi connectivity index (χ4n) is 4.08. The van der Waals surface area contributed by atoms with Crippen LogP contribution in [0.4, 0.5) is 5.69 Å². The van der Waals surface area contributed by atoms with E-state index in [4.69, 9.17) is 4.74 Å². The quantitative estimate of drug-likeness (QED) is 0.727. The number of aromatic nitrogens is 1. The van der Waals surface area contributed by atoms with Gasteiger partial charge in [0.05, 0.1) is 13.0 Å². The van der Waals surface area contributed by atoms with Crippen LogP contribution in [0, 0.1) is 12.8 Å². The van der Waals surface area contributed by atoms with E-state index < -0.39 is 0 Å². The lowest BCUT2D eigenvalue weighted by Gasteiger charge is -2.29. The Morgan fingerprint density at radius 3 is 2.80 bits per heavy atom. The smallest absolute Gasteiger partial charge is 0.227 e. The number of nitrogens with one attached hydrogen (secondary N) is 1. The van der Waals surface area contributed by atoms with Crippen LogP contribution in [0.5, 0.6) is 5.75 Å². The summed E-state index contributed by atoms with van der Waals surface area (Å²) < 4.78 is 6.39. The number of aryl methyl sites for hydroxylation is 1. The second kappa shape index (κ2) is 9.39. The van der Waals surface area contributed by atoms with Gasteiger partial charge in [-0.3, -0.25) is 9.59 Å². The van der Waals surface area contributed by atoms with Gasteiger partial charge in [-0.25, -0.2) is 4.98 Å². The number of carbonyl (C=O) groups excluding carboxylic acids is 2. The fraction of sp³-hybridized carbons (Fsp3) is 0.500. The van der Waals surface area contributed by atoms with E-state index in [1.54, 1.807) is 23.3 Å². The van der Waals surface area contributed by atoms with Gasteiger partial charge in [0, 0.05) is 47.1 Å². The largest absolute Gasteiger partial charge is 0.497 e. The van der Waals surface area contributed by atoms with Gasteiger partial charge in [0.1, 0.15) is 10.1 Å². The van der Waals surface area contributed by atoms with E-state index in [-0.39, 0.29) is 30.2 Å². The number of rotatable bonds is 6. The molecular formula is C22H27N3O3S2. The van der Waals surface area contributed by atoms with E-state index in [1.807, 2.05) is 43.0 Å². The molecule has 160 valence electrons. The predicted octanol–water partition coefficient (Wildman–Crippen LogP) is 4.03. The first-order chi connectivity index (χ1) is 14.5. The number of hydrogen-bond donors (Lipinski definition) is 1. The average molecular weight is 446 g/mol. The molecule has 1 saturated carbocycles. The minimum atomic E-state index is -0.297. The Kier molecular flexibility index (Phi) is 6.63. The first-order valence-electron chi connectivity index (χ1n) is 10.4. The molecule has 2 aromatic rings. The van der Waals surface area contributed by atoms with E-state index in [1.165, 1.54) is 0 Å². The number of thioether (sulfide) groups is 1. The van der Waals surface area contributed by atoms with Crippen molar-refractivity contribution in [3.63, 3.8) is 0 Å². The molecule has 1 aliphatic heterocycles. The summed E-state index contributed by atoms with van der Waals surface area (Å²) in [6.45, 7) is 2.45. The zero-order valence-electron chi connectivity index (χ0n) is 17.3. The van der Waals surface area contributed by atoms with Crippen molar-refractivity contribution in [1.29, 1.82) is 0 Å². The molecule has 1 atom stereocenters. The molecule has 4 rings (SSSR count). The second-order valence-corrected chi connectivity index (χ2v) is 10.4. The zero-order valence-corrected chi connectivity index (χ0v) is 18.9. The molecule has 2 heterocycles. The third kappa shape index (κ3) is 4.98. The maximum absolute atomic E-state index is 12.8. The first kappa shape index (κ1) is 21.2. The molecule has 1 aromatic heterocycles. The van der Waals surface area contributed by atoms with Gasteiger partial charge in [-0.1, -0.05) is 17.8 Å². The molecule has 1 unspecified atom stereocenters. The van der Waals surface area contributed by atoms with Crippen molar-refractivity contribution in [3.05, 3.63) is 35.3 Å². The van der Waals surface area contributed by atoms with Crippen molar-refractivity contribution >= 4 is 40.6 Å². The summed E-state index contributed by atoms with van der Waals surface area (Å²) in [5, 5.41) is 5.86. The van der Waals surface area contributed by atoms with E-state index >= 15 is 0 Å². The maximum Gasteiger partial charge on any atom is 0.227 e. The van der Waals surface area contributed by atoms with Crippen molar-refractivity contribution in [1.82, 2.24) is 10.3 Å². The van der Waals surface area contributed by atoms with Crippen LogP contribution in [-0.4, -0.2) is 41.7 Å². The lowest BCUT2D eigenvalue weighted by atomic mass is 9.94. The van der Waals surface area contributed by atoms with Crippen molar-refractivity contribution in [2.45, 2.75) is 54.7 Å². The lowest BCUT2D eigenvalue weighted by Crippen LogP contribution is -2.42. The lowest BCUT2D eigenvalue weighted by molar-refractivity contribution is -0.127.